The fraction of sp³-hybridized carbons (Fsp3) is 0.0833. The minimum absolute atomic E-state index is 0.253. The third kappa shape index (κ3) is 4.11. The van der Waals surface area contributed by atoms with Gasteiger partial charge >= 0.3 is 0 Å². The van der Waals surface area contributed by atoms with Gasteiger partial charge in [-0.05, 0) is 55.0 Å². The van der Waals surface area contributed by atoms with Crippen molar-refractivity contribution in [2.24, 2.45) is 5.10 Å². The molecule has 0 atom stereocenters. The van der Waals surface area contributed by atoms with Crippen molar-refractivity contribution in [2.75, 3.05) is 0 Å². The van der Waals surface area contributed by atoms with E-state index in [0.29, 0.717) is 17.1 Å². The van der Waals surface area contributed by atoms with Crippen molar-refractivity contribution in [3.63, 3.8) is 0 Å². The first kappa shape index (κ1) is 19.9. The zero-order chi connectivity index (χ0) is 21.1. The number of fused-ring (bicyclic) bond motifs is 1. The lowest BCUT2D eigenvalue weighted by Gasteiger charge is -2.08. The van der Waals surface area contributed by atoms with Crippen LogP contribution in [0, 0.1) is 12.7 Å². The number of halogens is 2. The van der Waals surface area contributed by atoms with Crippen LogP contribution in [-0.4, -0.2) is 16.7 Å². The minimum Gasteiger partial charge on any atom is -0.340 e. The first-order valence-electron chi connectivity index (χ1n) is 9.44. The van der Waals surface area contributed by atoms with E-state index >= 15 is 0 Å². The molecule has 0 unspecified atom stereocenters. The summed E-state index contributed by atoms with van der Waals surface area (Å²) in [5.41, 5.74) is 7.01. The second-order valence-corrected chi connectivity index (χ2v) is 7.37. The van der Waals surface area contributed by atoms with E-state index in [0.717, 1.165) is 27.7 Å². The van der Waals surface area contributed by atoms with Crippen LogP contribution in [0.5, 0.6) is 0 Å². The maximum atomic E-state index is 13.2. The zero-order valence-electron chi connectivity index (χ0n) is 16.3. The largest absolute Gasteiger partial charge is 0.340 e. The maximum absolute atomic E-state index is 13.2. The number of benzene rings is 3. The summed E-state index contributed by atoms with van der Waals surface area (Å²) in [6.45, 7) is 2.61. The molecular formula is C24H19ClFN3O. The molecule has 0 spiro atoms. The average Bonchev–Trinajstić information content (AvgIpc) is 3.01. The van der Waals surface area contributed by atoms with Gasteiger partial charge < -0.3 is 4.57 Å². The van der Waals surface area contributed by atoms with Gasteiger partial charge in [-0.2, -0.15) is 5.10 Å². The Morgan fingerprint density at radius 1 is 1.07 bits per heavy atom. The van der Waals surface area contributed by atoms with Gasteiger partial charge in [0.25, 0.3) is 5.91 Å². The number of para-hydroxylation sites is 1. The predicted molar refractivity (Wildman–Crippen MR) is 119 cm³/mol. The topological polar surface area (TPSA) is 46.4 Å². The van der Waals surface area contributed by atoms with E-state index < -0.39 is 0 Å². The minimum atomic E-state index is -0.310. The molecule has 6 heteroatoms. The molecule has 1 N–H and O–H groups in total. The van der Waals surface area contributed by atoms with E-state index in [2.05, 4.69) is 15.1 Å². The molecule has 0 fully saturated rings. The van der Waals surface area contributed by atoms with Gasteiger partial charge in [0, 0.05) is 39.3 Å². The third-order valence-electron chi connectivity index (χ3n) is 5.00. The molecule has 0 aliphatic carbocycles. The van der Waals surface area contributed by atoms with Crippen molar-refractivity contribution < 1.29 is 9.18 Å². The van der Waals surface area contributed by atoms with Crippen molar-refractivity contribution in [3.8, 4) is 0 Å². The number of nitrogens with zero attached hydrogens (tertiary/aromatic N) is 2. The SMILES string of the molecule is Cc1c(/C=N\NC(=O)c2ccc(Cl)cc2)c2ccccc2n1Cc1ccc(F)cc1. The molecule has 3 aromatic carbocycles. The summed E-state index contributed by atoms with van der Waals surface area (Å²) in [4.78, 5) is 12.3. The van der Waals surface area contributed by atoms with Crippen molar-refractivity contribution in [3.05, 3.63) is 106 Å². The van der Waals surface area contributed by atoms with Crippen LogP contribution in [0.15, 0.2) is 77.9 Å². The molecule has 0 aliphatic heterocycles. The Hall–Kier alpha value is -3.44. The molecule has 0 radical (unpaired) electrons. The van der Waals surface area contributed by atoms with Gasteiger partial charge in [-0.3, -0.25) is 4.79 Å². The molecule has 1 aromatic heterocycles. The van der Waals surface area contributed by atoms with Gasteiger partial charge in [-0.15, -0.1) is 0 Å². The van der Waals surface area contributed by atoms with Gasteiger partial charge in [0.15, 0.2) is 0 Å². The number of carbonyl (C=O) groups excluding carboxylic acids is 1. The molecule has 1 amide bonds. The molecule has 4 rings (SSSR count). The molecule has 0 saturated carbocycles. The highest BCUT2D eigenvalue weighted by Gasteiger charge is 2.13. The maximum Gasteiger partial charge on any atom is 0.271 e. The lowest BCUT2D eigenvalue weighted by molar-refractivity contribution is 0.0955. The number of hydrogen-bond donors (Lipinski definition) is 1. The summed E-state index contributed by atoms with van der Waals surface area (Å²) < 4.78 is 15.4. The van der Waals surface area contributed by atoms with Crippen molar-refractivity contribution >= 4 is 34.6 Å². The quantitative estimate of drug-likeness (QED) is 0.334. The number of nitrogens with one attached hydrogen (secondary N) is 1. The Bertz CT molecular complexity index is 1230. The average molecular weight is 420 g/mol. The molecule has 150 valence electrons. The Morgan fingerprint density at radius 2 is 1.77 bits per heavy atom. The van der Waals surface area contributed by atoms with E-state index in [9.17, 15) is 9.18 Å². The molecule has 0 aliphatic rings. The molecule has 0 saturated heterocycles. The first-order chi connectivity index (χ1) is 14.5. The van der Waals surface area contributed by atoms with Crippen molar-refractivity contribution in [2.45, 2.75) is 13.5 Å². The molecule has 4 aromatic rings. The second-order valence-electron chi connectivity index (χ2n) is 6.93. The van der Waals surface area contributed by atoms with E-state index in [1.54, 1.807) is 42.6 Å². The number of carbonyl (C=O) groups is 1. The summed E-state index contributed by atoms with van der Waals surface area (Å²) >= 11 is 5.86. The molecule has 1 heterocycles. The number of rotatable bonds is 5. The van der Waals surface area contributed by atoms with Crippen LogP contribution in [0.3, 0.4) is 0 Å². The zero-order valence-corrected chi connectivity index (χ0v) is 17.0. The fourth-order valence-corrected chi connectivity index (χ4v) is 3.54. The van der Waals surface area contributed by atoms with Crippen LogP contribution in [-0.2, 0) is 6.54 Å². The first-order valence-corrected chi connectivity index (χ1v) is 9.82. The van der Waals surface area contributed by atoms with Crippen LogP contribution < -0.4 is 5.43 Å². The van der Waals surface area contributed by atoms with Crippen LogP contribution in [0.1, 0.15) is 27.2 Å². The number of hydrogen-bond acceptors (Lipinski definition) is 2. The second kappa shape index (κ2) is 8.51. The highest BCUT2D eigenvalue weighted by Crippen LogP contribution is 2.25. The van der Waals surface area contributed by atoms with Crippen LogP contribution in [0.25, 0.3) is 10.9 Å². The molecule has 0 bridgehead atoms. The smallest absolute Gasteiger partial charge is 0.271 e. The monoisotopic (exact) mass is 419 g/mol. The lowest BCUT2D eigenvalue weighted by Crippen LogP contribution is -2.17. The highest BCUT2D eigenvalue weighted by molar-refractivity contribution is 6.30. The van der Waals surface area contributed by atoms with Gasteiger partial charge in [-0.1, -0.05) is 41.9 Å². The van der Waals surface area contributed by atoms with Gasteiger partial charge in [-0.25, -0.2) is 9.82 Å². The Kier molecular flexibility index (Phi) is 5.63. The highest BCUT2D eigenvalue weighted by atomic mass is 35.5. The Morgan fingerprint density at radius 3 is 2.50 bits per heavy atom. The Labute approximate surface area is 178 Å². The standard InChI is InChI=1S/C24H19ClFN3O/c1-16-22(14-27-28-24(30)18-8-10-19(25)11-9-18)21-4-2-3-5-23(21)29(16)15-17-6-12-20(26)13-7-17/h2-14H,15H2,1H3,(H,28,30)/b27-14-. The van der Waals surface area contributed by atoms with Gasteiger partial charge in [0.2, 0.25) is 0 Å². The Balaban J connectivity index is 1.61. The number of aromatic nitrogens is 1. The van der Waals surface area contributed by atoms with E-state index in [1.807, 2.05) is 31.2 Å². The molecule has 30 heavy (non-hydrogen) atoms. The van der Waals surface area contributed by atoms with Crippen LogP contribution in [0.4, 0.5) is 4.39 Å². The summed E-state index contributed by atoms with van der Waals surface area (Å²) in [6.07, 6.45) is 1.66. The summed E-state index contributed by atoms with van der Waals surface area (Å²) in [5, 5.41) is 5.76. The van der Waals surface area contributed by atoms with Crippen LogP contribution in [0.2, 0.25) is 5.02 Å². The molecular weight excluding hydrogens is 401 g/mol. The summed E-state index contributed by atoms with van der Waals surface area (Å²) in [5.74, 6) is -0.562. The van der Waals surface area contributed by atoms with E-state index in [1.165, 1.54) is 12.1 Å². The lowest BCUT2D eigenvalue weighted by atomic mass is 10.1. The fourth-order valence-electron chi connectivity index (χ4n) is 3.42. The van der Waals surface area contributed by atoms with Crippen LogP contribution >= 0.6 is 11.6 Å². The van der Waals surface area contributed by atoms with Gasteiger partial charge in [0.05, 0.1) is 6.21 Å². The van der Waals surface area contributed by atoms with Crippen molar-refractivity contribution in [1.82, 2.24) is 9.99 Å². The number of amides is 1. The summed E-state index contributed by atoms with van der Waals surface area (Å²) in [7, 11) is 0. The van der Waals surface area contributed by atoms with E-state index in [-0.39, 0.29) is 11.7 Å². The molecule has 4 nitrogen and oxygen atoms in total. The number of hydrazone groups is 1. The van der Waals surface area contributed by atoms with Gasteiger partial charge in [0.1, 0.15) is 5.82 Å². The summed E-state index contributed by atoms with van der Waals surface area (Å²) in [6, 6.07) is 21.1. The third-order valence-corrected chi connectivity index (χ3v) is 5.25. The van der Waals surface area contributed by atoms with E-state index in [4.69, 9.17) is 11.6 Å². The van der Waals surface area contributed by atoms with Crippen molar-refractivity contribution in [1.29, 1.82) is 0 Å². The normalized spacial score (nSPS) is 11.3. The predicted octanol–water partition coefficient (Wildman–Crippen LogP) is 5.55.